The Balaban J connectivity index is 2.29. The summed E-state index contributed by atoms with van der Waals surface area (Å²) in [6.07, 6.45) is 13.7. The normalized spacial score (nSPS) is 20.6. The summed E-state index contributed by atoms with van der Waals surface area (Å²) in [4.78, 5) is 1.58. The molecule has 1 heteroatoms. The Morgan fingerprint density at radius 2 is 2.50 bits per heavy atom. The van der Waals surface area contributed by atoms with Gasteiger partial charge in [0.25, 0.3) is 0 Å². The molecule has 0 amide bonds. The summed E-state index contributed by atoms with van der Waals surface area (Å²) in [6, 6.07) is 0. The van der Waals surface area contributed by atoms with Crippen LogP contribution < -0.4 is 0 Å². The standard InChI is InChI=1S/C13H20S/c1-3-5-8-11-14-13-10-7-6-9-12(13)4-2/h3,6-7,10,12H,1,4-5,8-9,11H2,2H3. The molecule has 78 valence electrons. The maximum absolute atomic E-state index is 3.74. The van der Waals surface area contributed by atoms with Gasteiger partial charge in [0.1, 0.15) is 0 Å². The zero-order chi connectivity index (χ0) is 10.2. The zero-order valence-electron chi connectivity index (χ0n) is 9.04. The zero-order valence-corrected chi connectivity index (χ0v) is 9.85. The third kappa shape index (κ3) is 3.75. The van der Waals surface area contributed by atoms with Crippen LogP contribution in [0.3, 0.4) is 0 Å². The van der Waals surface area contributed by atoms with Crippen LogP contribution in [0.25, 0.3) is 0 Å². The Morgan fingerprint density at radius 3 is 3.21 bits per heavy atom. The van der Waals surface area contributed by atoms with Gasteiger partial charge in [0, 0.05) is 0 Å². The van der Waals surface area contributed by atoms with E-state index in [4.69, 9.17) is 0 Å². The highest BCUT2D eigenvalue weighted by atomic mass is 32.2. The summed E-state index contributed by atoms with van der Waals surface area (Å²) in [5.74, 6) is 2.02. The largest absolute Gasteiger partial charge is 0.130 e. The van der Waals surface area contributed by atoms with Crippen LogP contribution in [0, 0.1) is 5.92 Å². The number of hydrogen-bond acceptors (Lipinski definition) is 1. The highest BCUT2D eigenvalue weighted by Crippen LogP contribution is 2.32. The van der Waals surface area contributed by atoms with Crippen LogP contribution in [0.1, 0.15) is 32.6 Å². The van der Waals surface area contributed by atoms with Crippen LogP contribution in [0.2, 0.25) is 0 Å². The molecular weight excluding hydrogens is 188 g/mol. The molecule has 1 unspecified atom stereocenters. The smallest absolute Gasteiger partial charge is 0.00202 e. The molecule has 1 aliphatic carbocycles. The molecule has 1 aliphatic rings. The molecular formula is C13H20S. The van der Waals surface area contributed by atoms with E-state index in [0.717, 1.165) is 12.3 Å². The molecule has 0 N–H and O–H groups in total. The molecule has 1 rings (SSSR count). The van der Waals surface area contributed by atoms with E-state index in [1.165, 1.54) is 25.0 Å². The topological polar surface area (TPSA) is 0 Å². The lowest BCUT2D eigenvalue weighted by Gasteiger charge is -2.19. The van der Waals surface area contributed by atoms with Crippen LogP contribution in [0.4, 0.5) is 0 Å². The predicted molar refractivity (Wildman–Crippen MR) is 67.5 cm³/mol. The minimum Gasteiger partial charge on any atom is -0.130 e. The quantitative estimate of drug-likeness (QED) is 0.455. The van der Waals surface area contributed by atoms with E-state index in [2.05, 4.69) is 31.7 Å². The minimum absolute atomic E-state index is 0.786. The van der Waals surface area contributed by atoms with E-state index in [1.807, 2.05) is 17.8 Å². The van der Waals surface area contributed by atoms with Crippen molar-refractivity contribution in [2.75, 3.05) is 5.75 Å². The SMILES string of the molecule is C=CCCCSC1=CC=CCC1CC. The molecule has 0 bridgehead atoms. The number of allylic oxidation sites excluding steroid dienone is 5. The Labute approximate surface area is 92.2 Å². The first kappa shape index (κ1) is 11.6. The second-order valence-electron chi connectivity index (χ2n) is 3.62. The van der Waals surface area contributed by atoms with E-state index in [-0.39, 0.29) is 0 Å². The fourth-order valence-electron chi connectivity index (χ4n) is 1.61. The lowest BCUT2D eigenvalue weighted by Crippen LogP contribution is -2.02. The lowest BCUT2D eigenvalue weighted by atomic mass is 9.98. The first-order chi connectivity index (χ1) is 6.88. The van der Waals surface area contributed by atoms with Gasteiger partial charge in [0.15, 0.2) is 0 Å². The number of hydrogen-bond donors (Lipinski definition) is 0. The van der Waals surface area contributed by atoms with Gasteiger partial charge in [-0.15, -0.1) is 18.3 Å². The van der Waals surface area contributed by atoms with Crippen molar-refractivity contribution >= 4 is 11.8 Å². The summed E-state index contributed by atoms with van der Waals surface area (Å²) in [7, 11) is 0. The van der Waals surface area contributed by atoms with Crippen LogP contribution in [-0.2, 0) is 0 Å². The fraction of sp³-hybridized carbons (Fsp3) is 0.538. The number of thioether (sulfide) groups is 1. The van der Waals surface area contributed by atoms with E-state index >= 15 is 0 Å². The molecule has 0 fully saturated rings. The molecule has 0 nitrogen and oxygen atoms in total. The predicted octanol–water partition coefficient (Wildman–Crippen LogP) is 4.56. The van der Waals surface area contributed by atoms with E-state index in [9.17, 15) is 0 Å². The molecule has 0 aromatic rings. The molecule has 0 aliphatic heterocycles. The van der Waals surface area contributed by atoms with Crippen LogP contribution in [-0.4, -0.2) is 5.75 Å². The highest BCUT2D eigenvalue weighted by molar-refractivity contribution is 8.03. The Kier molecular flexibility index (Phi) is 5.77. The van der Waals surface area contributed by atoms with Gasteiger partial charge in [-0.3, -0.25) is 0 Å². The van der Waals surface area contributed by atoms with Gasteiger partial charge in [-0.05, 0) is 42.3 Å². The summed E-state index contributed by atoms with van der Waals surface area (Å²) < 4.78 is 0. The number of rotatable bonds is 6. The van der Waals surface area contributed by atoms with Crippen molar-refractivity contribution < 1.29 is 0 Å². The van der Waals surface area contributed by atoms with Crippen LogP contribution >= 0.6 is 11.8 Å². The van der Waals surface area contributed by atoms with Crippen molar-refractivity contribution in [3.05, 3.63) is 35.8 Å². The van der Waals surface area contributed by atoms with Crippen LogP contribution in [0.15, 0.2) is 35.8 Å². The van der Waals surface area contributed by atoms with Crippen molar-refractivity contribution in [2.45, 2.75) is 32.6 Å². The van der Waals surface area contributed by atoms with E-state index < -0.39 is 0 Å². The molecule has 0 aromatic carbocycles. The minimum atomic E-state index is 0.786. The van der Waals surface area contributed by atoms with Crippen molar-refractivity contribution in [3.8, 4) is 0 Å². The van der Waals surface area contributed by atoms with Gasteiger partial charge >= 0.3 is 0 Å². The Morgan fingerprint density at radius 1 is 1.64 bits per heavy atom. The molecule has 0 saturated carbocycles. The maximum atomic E-state index is 3.74. The van der Waals surface area contributed by atoms with Crippen LogP contribution in [0.5, 0.6) is 0 Å². The van der Waals surface area contributed by atoms with Gasteiger partial charge in [-0.2, -0.15) is 0 Å². The molecule has 0 radical (unpaired) electrons. The maximum Gasteiger partial charge on any atom is -0.00202 e. The third-order valence-corrected chi connectivity index (χ3v) is 3.83. The molecule has 0 spiro atoms. The highest BCUT2D eigenvalue weighted by Gasteiger charge is 2.12. The van der Waals surface area contributed by atoms with Crippen molar-refractivity contribution in [1.29, 1.82) is 0 Å². The molecule has 0 saturated heterocycles. The van der Waals surface area contributed by atoms with Crippen molar-refractivity contribution in [1.82, 2.24) is 0 Å². The molecule has 0 heterocycles. The first-order valence-corrected chi connectivity index (χ1v) is 6.47. The molecule has 0 aromatic heterocycles. The summed E-state index contributed by atoms with van der Waals surface area (Å²) >= 11 is 2.03. The molecule has 1 atom stereocenters. The summed E-state index contributed by atoms with van der Waals surface area (Å²) in [6.45, 7) is 6.02. The van der Waals surface area contributed by atoms with Gasteiger partial charge in [0.2, 0.25) is 0 Å². The second-order valence-corrected chi connectivity index (χ2v) is 4.79. The lowest BCUT2D eigenvalue weighted by molar-refractivity contribution is 0.623. The second kappa shape index (κ2) is 6.94. The fourth-order valence-corrected chi connectivity index (χ4v) is 2.83. The van der Waals surface area contributed by atoms with Gasteiger partial charge < -0.3 is 0 Å². The molecule has 14 heavy (non-hydrogen) atoms. The summed E-state index contributed by atoms with van der Waals surface area (Å²) in [5.41, 5.74) is 0. The summed E-state index contributed by atoms with van der Waals surface area (Å²) in [5, 5.41) is 0. The average molecular weight is 208 g/mol. The van der Waals surface area contributed by atoms with Crippen molar-refractivity contribution in [3.63, 3.8) is 0 Å². The monoisotopic (exact) mass is 208 g/mol. The van der Waals surface area contributed by atoms with E-state index in [1.54, 1.807) is 4.91 Å². The Hall–Kier alpha value is -0.430. The van der Waals surface area contributed by atoms with Gasteiger partial charge in [-0.25, -0.2) is 0 Å². The third-order valence-electron chi connectivity index (χ3n) is 2.53. The van der Waals surface area contributed by atoms with Crippen molar-refractivity contribution in [2.24, 2.45) is 5.92 Å². The Bertz CT molecular complexity index is 225. The average Bonchev–Trinajstić information content (AvgIpc) is 2.25. The number of unbranched alkanes of at least 4 members (excludes halogenated alkanes) is 1. The van der Waals surface area contributed by atoms with E-state index in [0.29, 0.717) is 0 Å². The van der Waals surface area contributed by atoms with Gasteiger partial charge in [0.05, 0.1) is 0 Å². The first-order valence-electron chi connectivity index (χ1n) is 5.49. The van der Waals surface area contributed by atoms with Gasteiger partial charge in [-0.1, -0.05) is 31.2 Å².